The molecule has 0 saturated carbocycles. The van der Waals surface area contributed by atoms with E-state index in [0.29, 0.717) is 22.8 Å². The number of carbonyl (C=O) groups excluding carboxylic acids is 2. The summed E-state index contributed by atoms with van der Waals surface area (Å²) in [5, 5.41) is 2.66. The molecule has 1 N–H and O–H groups in total. The molecular weight excluding hydrogens is 376 g/mol. The van der Waals surface area contributed by atoms with E-state index in [-0.39, 0.29) is 37.0 Å². The number of nitrogens with one attached hydrogen (secondary N) is 1. The molecule has 0 radical (unpaired) electrons. The molecule has 27 heavy (non-hydrogen) atoms. The smallest absolute Gasteiger partial charge is 0.338 e. The van der Waals surface area contributed by atoms with Crippen molar-refractivity contribution in [2.45, 2.75) is 0 Å². The number of nitrogens with zero attached hydrogens (tertiary/aromatic N) is 1. The van der Waals surface area contributed by atoms with Crippen LogP contribution in [0.3, 0.4) is 0 Å². The third-order valence-electron chi connectivity index (χ3n) is 3.46. The van der Waals surface area contributed by atoms with Crippen LogP contribution in [0.1, 0.15) is 20.7 Å². The molecule has 146 valence electrons. The molecule has 2 aromatic rings. The number of hydrogen-bond acceptors (Lipinski definition) is 7. The Kier molecular flexibility index (Phi) is 8.87. The molecule has 0 fully saturated rings. The molecule has 9 heteroatoms. The van der Waals surface area contributed by atoms with Crippen LogP contribution >= 0.6 is 12.4 Å². The van der Waals surface area contributed by atoms with Gasteiger partial charge in [-0.2, -0.15) is 0 Å². The van der Waals surface area contributed by atoms with Gasteiger partial charge in [0.25, 0.3) is 5.91 Å². The van der Waals surface area contributed by atoms with Crippen LogP contribution in [-0.2, 0) is 4.74 Å². The van der Waals surface area contributed by atoms with Crippen LogP contribution in [-0.4, -0.2) is 51.3 Å². The Morgan fingerprint density at radius 1 is 0.963 bits per heavy atom. The number of amides is 1. The zero-order valence-electron chi connectivity index (χ0n) is 15.2. The number of rotatable bonds is 8. The second kappa shape index (κ2) is 10.9. The van der Waals surface area contributed by atoms with E-state index in [1.807, 2.05) is 0 Å². The van der Waals surface area contributed by atoms with Gasteiger partial charge in [-0.05, 0) is 24.3 Å². The van der Waals surface area contributed by atoms with Crippen LogP contribution in [0.15, 0.2) is 36.7 Å². The molecule has 1 aromatic carbocycles. The Balaban J connectivity index is 0.00000364. The molecule has 8 nitrogen and oxygen atoms in total. The number of ether oxygens (including phenoxy) is 4. The van der Waals surface area contributed by atoms with E-state index in [0.717, 1.165) is 0 Å². The molecule has 0 unspecified atom stereocenters. The van der Waals surface area contributed by atoms with Crippen molar-refractivity contribution in [3.8, 4) is 17.2 Å². The van der Waals surface area contributed by atoms with Crippen LogP contribution in [0, 0.1) is 0 Å². The van der Waals surface area contributed by atoms with E-state index in [1.54, 1.807) is 12.1 Å². The fraction of sp³-hybridized carbons (Fsp3) is 0.278. The van der Waals surface area contributed by atoms with Gasteiger partial charge in [0, 0.05) is 18.0 Å². The Bertz CT molecular complexity index is 745. The topological polar surface area (TPSA) is 96.0 Å². The normalized spacial score (nSPS) is 9.59. The lowest BCUT2D eigenvalue weighted by molar-refractivity contribution is 0.0502. The molecule has 0 bridgehead atoms. The summed E-state index contributed by atoms with van der Waals surface area (Å²) in [5.41, 5.74) is 0.732. The van der Waals surface area contributed by atoms with Gasteiger partial charge in [-0.3, -0.25) is 9.78 Å². The molecule has 1 aromatic heterocycles. The Morgan fingerprint density at radius 2 is 1.56 bits per heavy atom. The predicted molar refractivity (Wildman–Crippen MR) is 100 cm³/mol. The fourth-order valence-corrected chi connectivity index (χ4v) is 2.20. The molecule has 0 spiro atoms. The van der Waals surface area contributed by atoms with E-state index in [1.165, 1.54) is 45.9 Å². The van der Waals surface area contributed by atoms with Crippen LogP contribution < -0.4 is 19.5 Å². The number of hydrogen-bond donors (Lipinski definition) is 1. The number of aromatic nitrogens is 1. The summed E-state index contributed by atoms with van der Waals surface area (Å²) in [6, 6.07) is 6.19. The first-order valence-electron chi connectivity index (χ1n) is 7.76. The Morgan fingerprint density at radius 3 is 2.07 bits per heavy atom. The van der Waals surface area contributed by atoms with Crippen LogP contribution in [0.5, 0.6) is 17.2 Å². The van der Waals surface area contributed by atoms with Gasteiger partial charge in [0.1, 0.15) is 6.61 Å². The third kappa shape index (κ3) is 5.75. The summed E-state index contributed by atoms with van der Waals surface area (Å²) in [7, 11) is 4.39. The largest absolute Gasteiger partial charge is 0.493 e. The van der Waals surface area contributed by atoms with Crippen molar-refractivity contribution in [3.05, 3.63) is 47.8 Å². The molecular formula is C18H21ClN2O6. The first-order valence-corrected chi connectivity index (χ1v) is 7.76. The zero-order chi connectivity index (χ0) is 18.9. The van der Waals surface area contributed by atoms with Crippen LogP contribution in [0.25, 0.3) is 0 Å². The maximum Gasteiger partial charge on any atom is 0.338 e. The van der Waals surface area contributed by atoms with Crippen molar-refractivity contribution in [3.63, 3.8) is 0 Å². The summed E-state index contributed by atoms with van der Waals surface area (Å²) in [5.74, 6) is 0.254. The summed E-state index contributed by atoms with van der Waals surface area (Å²) in [6.45, 7) is 0.198. The van der Waals surface area contributed by atoms with Crippen molar-refractivity contribution in [1.82, 2.24) is 10.3 Å². The highest BCUT2D eigenvalue weighted by molar-refractivity contribution is 5.94. The number of pyridine rings is 1. The van der Waals surface area contributed by atoms with Gasteiger partial charge >= 0.3 is 5.97 Å². The summed E-state index contributed by atoms with van der Waals surface area (Å²) >= 11 is 0. The molecule has 1 amide bonds. The molecule has 2 rings (SSSR count). The minimum absolute atomic E-state index is 0. The van der Waals surface area contributed by atoms with Gasteiger partial charge < -0.3 is 24.3 Å². The number of carbonyl (C=O) groups is 2. The van der Waals surface area contributed by atoms with Crippen molar-refractivity contribution in [2.75, 3.05) is 34.5 Å². The van der Waals surface area contributed by atoms with Crippen molar-refractivity contribution >= 4 is 24.3 Å². The van der Waals surface area contributed by atoms with Crippen LogP contribution in [0.4, 0.5) is 0 Å². The molecule has 1 heterocycles. The number of halogens is 1. The highest BCUT2D eigenvalue weighted by Crippen LogP contribution is 2.38. The first kappa shape index (κ1) is 22.0. The Labute approximate surface area is 163 Å². The van der Waals surface area contributed by atoms with Gasteiger partial charge in [0.15, 0.2) is 11.5 Å². The van der Waals surface area contributed by atoms with E-state index in [2.05, 4.69) is 10.3 Å². The van der Waals surface area contributed by atoms with Crippen molar-refractivity contribution in [1.29, 1.82) is 0 Å². The van der Waals surface area contributed by atoms with Gasteiger partial charge in [-0.25, -0.2) is 4.79 Å². The van der Waals surface area contributed by atoms with E-state index < -0.39 is 5.97 Å². The predicted octanol–water partition coefficient (Wildman–Crippen LogP) is 2.12. The van der Waals surface area contributed by atoms with Crippen molar-refractivity contribution < 1.29 is 28.5 Å². The second-order valence-corrected chi connectivity index (χ2v) is 5.04. The SMILES string of the molecule is COc1cc(C(=O)OCCNC(=O)c2ccncc2)cc(OC)c1OC.Cl. The minimum Gasteiger partial charge on any atom is -0.493 e. The van der Waals surface area contributed by atoms with Crippen LogP contribution in [0.2, 0.25) is 0 Å². The lowest BCUT2D eigenvalue weighted by Crippen LogP contribution is -2.28. The number of methoxy groups -OCH3 is 3. The molecule has 0 aliphatic carbocycles. The van der Waals surface area contributed by atoms with Gasteiger partial charge in [-0.15, -0.1) is 12.4 Å². The Hall–Kier alpha value is -3.00. The second-order valence-electron chi connectivity index (χ2n) is 5.04. The van der Waals surface area contributed by atoms with E-state index in [9.17, 15) is 9.59 Å². The van der Waals surface area contributed by atoms with E-state index >= 15 is 0 Å². The molecule has 0 saturated heterocycles. The highest BCUT2D eigenvalue weighted by Gasteiger charge is 2.17. The molecule has 0 aliphatic heterocycles. The number of esters is 1. The monoisotopic (exact) mass is 396 g/mol. The lowest BCUT2D eigenvalue weighted by Gasteiger charge is -2.14. The standard InChI is InChI=1S/C18H20N2O6.ClH/c1-23-14-10-13(11-15(24-2)16(14)25-3)18(22)26-9-8-20-17(21)12-4-6-19-7-5-12;/h4-7,10-11H,8-9H2,1-3H3,(H,20,21);1H. The average Bonchev–Trinajstić information content (AvgIpc) is 2.70. The van der Waals surface area contributed by atoms with Crippen molar-refractivity contribution in [2.24, 2.45) is 0 Å². The van der Waals surface area contributed by atoms with Gasteiger partial charge in [0.2, 0.25) is 5.75 Å². The van der Waals surface area contributed by atoms with Gasteiger partial charge in [0.05, 0.1) is 33.4 Å². The minimum atomic E-state index is -0.567. The summed E-state index contributed by atoms with van der Waals surface area (Å²) in [6.07, 6.45) is 3.05. The molecule has 0 aliphatic rings. The third-order valence-corrected chi connectivity index (χ3v) is 3.46. The first-order chi connectivity index (χ1) is 12.6. The lowest BCUT2D eigenvalue weighted by atomic mass is 10.2. The maximum absolute atomic E-state index is 12.2. The summed E-state index contributed by atoms with van der Waals surface area (Å²) < 4.78 is 20.8. The van der Waals surface area contributed by atoms with Gasteiger partial charge in [-0.1, -0.05) is 0 Å². The highest BCUT2D eigenvalue weighted by atomic mass is 35.5. The number of benzene rings is 1. The van der Waals surface area contributed by atoms with E-state index in [4.69, 9.17) is 18.9 Å². The quantitative estimate of drug-likeness (QED) is 0.539. The average molecular weight is 397 g/mol. The summed E-state index contributed by atoms with van der Waals surface area (Å²) in [4.78, 5) is 27.9. The molecule has 0 atom stereocenters. The zero-order valence-corrected chi connectivity index (χ0v) is 16.0. The fourth-order valence-electron chi connectivity index (χ4n) is 2.20. The maximum atomic E-state index is 12.2.